The van der Waals surface area contributed by atoms with E-state index in [1.807, 2.05) is 24.3 Å². The van der Waals surface area contributed by atoms with Crippen LogP contribution in [0.25, 0.3) is 11.1 Å². The van der Waals surface area contributed by atoms with E-state index < -0.39 is 0 Å². The van der Waals surface area contributed by atoms with E-state index in [0.29, 0.717) is 31.0 Å². The summed E-state index contributed by atoms with van der Waals surface area (Å²) in [5.74, 6) is 0.460. The van der Waals surface area contributed by atoms with Gasteiger partial charge >= 0.3 is 0 Å². The number of aromatic nitrogens is 2. The zero-order valence-corrected chi connectivity index (χ0v) is 14.0. The number of H-pyrrole nitrogens is 1. The smallest absolute Gasteiger partial charge is 0.258 e. The van der Waals surface area contributed by atoms with Gasteiger partial charge < -0.3 is 14.6 Å². The summed E-state index contributed by atoms with van der Waals surface area (Å²) in [6.45, 7) is 1.35. The molecular formula is C20H17N3O3. The van der Waals surface area contributed by atoms with Crippen molar-refractivity contribution >= 4 is 5.91 Å². The Morgan fingerprint density at radius 2 is 1.96 bits per heavy atom. The zero-order valence-electron chi connectivity index (χ0n) is 14.0. The predicted octanol–water partition coefficient (Wildman–Crippen LogP) is 2.47. The van der Waals surface area contributed by atoms with Crippen molar-refractivity contribution < 1.29 is 9.53 Å². The highest BCUT2D eigenvalue weighted by Crippen LogP contribution is 2.29. The highest BCUT2D eigenvalue weighted by Gasteiger charge is 2.24. The van der Waals surface area contributed by atoms with E-state index in [-0.39, 0.29) is 11.5 Å². The van der Waals surface area contributed by atoms with Gasteiger partial charge in [0.05, 0.1) is 24.3 Å². The van der Waals surface area contributed by atoms with Crippen molar-refractivity contribution in [3.8, 4) is 16.9 Å². The Bertz CT molecular complexity index is 998. The maximum atomic E-state index is 13.0. The van der Waals surface area contributed by atoms with E-state index in [4.69, 9.17) is 4.74 Å². The van der Waals surface area contributed by atoms with Crippen LogP contribution in [0.3, 0.4) is 0 Å². The van der Waals surface area contributed by atoms with Crippen LogP contribution in [0.2, 0.25) is 0 Å². The molecule has 1 aromatic carbocycles. The molecule has 130 valence electrons. The minimum absolute atomic E-state index is 0.102. The third-order valence-electron chi connectivity index (χ3n) is 4.30. The fourth-order valence-electron chi connectivity index (χ4n) is 3.00. The van der Waals surface area contributed by atoms with E-state index in [2.05, 4.69) is 9.97 Å². The average molecular weight is 347 g/mol. The number of fused-ring (bicyclic) bond motifs is 1. The summed E-state index contributed by atoms with van der Waals surface area (Å²) >= 11 is 0. The third kappa shape index (κ3) is 3.21. The van der Waals surface area contributed by atoms with Crippen molar-refractivity contribution in [1.82, 2.24) is 14.9 Å². The molecule has 0 spiro atoms. The first-order valence-electron chi connectivity index (χ1n) is 8.36. The van der Waals surface area contributed by atoms with Crippen LogP contribution in [0.4, 0.5) is 0 Å². The fraction of sp³-hybridized carbons (Fsp3) is 0.150. The summed E-state index contributed by atoms with van der Waals surface area (Å²) in [5, 5.41) is 0. The maximum absolute atomic E-state index is 13.0. The minimum atomic E-state index is -0.184. The first kappa shape index (κ1) is 16.1. The lowest BCUT2D eigenvalue weighted by Crippen LogP contribution is -2.32. The Labute approximate surface area is 150 Å². The Kier molecular flexibility index (Phi) is 4.23. The SMILES string of the molecule is O=C1c2cc(-c3cc[nH]c(=O)c3)ccc2OCCN1Cc1ccccn1. The largest absolute Gasteiger partial charge is 0.491 e. The number of carbonyl (C=O) groups is 1. The Hall–Kier alpha value is -3.41. The first-order valence-corrected chi connectivity index (χ1v) is 8.36. The molecule has 6 nitrogen and oxygen atoms in total. The van der Waals surface area contributed by atoms with Gasteiger partial charge in [0.15, 0.2) is 0 Å². The lowest BCUT2D eigenvalue weighted by molar-refractivity contribution is 0.0741. The molecule has 0 radical (unpaired) electrons. The molecule has 0 bridgehead atoms. The number of carbonyl (C=O) groups excluding carboxylic acids is 1. The summed E-state index contributed by atoms with van der Waals surface area (Å²) in [4.78, 5) is 33.2. The molecule has 0 saturated carbocycles. The molecule has 0 unspecified atom stereocenters. The number of aromatic amines is 1. The summed E-state index contributed by atoms with van der Waals surface area (Å²) in [6.07, 6.45) is 3.31. The standard InChI is InChI=1S/C20H17N3O3/c24-19-12-15(6-8-22-19)14-4-5-18-17(11-14)20(25)23(9-10-26-18)13-16-3-1-2-7-21-16/h1-8,11-12H,9-10,13H2,(H,22,24). The fourth-order valence-corrected chi connectivity index (χ4v) is 3.00. The average Bonchev–Trinajstić information content (AvgIpc) is 2.82. The molecule has 1 aliphatic heterocycles. The number of nitrogens with one attached hydrogen (secondary N) is 1. The van der Waals surface area contributed by atoms with Crippen molar-refractivity contribution in [1.29, 1.82) is 0 Å². The highest BCUT2D eigenvalue weighted by atomic mass is 16.5. The molecular weight excluding hydrogens is 330 g/mol. The number of amides is 1. The minimum Gasteiger partial charge on any atom is -0.491 e. The van der Waals surface area contributed by atoms with Crippen molar-refractivity contribution in [2.24, 2.45) is 0 Å². The van der Waals surface area contributed by atoms with Crippen LogP contribution in [-0.4, -0.2) is 33.9 Å². The van der Waals surface area contributed by atoms with E-state index in [1.165, 1.54) is 6.07 Å². The Morgan fingerprint density at radius 3 is 2.77 bits per heavy atom. The van der Waals surface area contributed by atoms with E-state index in [9.17, 15) is 9.59 Å². The number of ether oxygens (including phenoxy) is 1. The van der Waals surface area contributed by atoms with Crippen molar-refractivity contribution in [3.05, 3.63) is 82.5 Å². The quantitative estimate of drug-likeness (QED) is 0.790. The second-order valence-corrected chi connectivity index (χ2v) is 6.05. The second kappa shape index (κ2) is 6.84. The maximum Gasteiger partial charge on any atom is 0.258 e. The zero-order chi connectivity index (χ0) is 17.9. The van der Waals surface area contributed by atoms with Crippen LogP contribution in [0.15, 0.2) is 65.7 Å². The summed E-state index contributed by atoms with van der Waals surface area (Å²) in [5.41, 5.74) is 2.69. The summed E-state index contributed by atoms with van der Waals surface area (Å²) < 4.78 is 5.75. The van der Waals surface area contributed by atoms with Gasteiger partial charge in [-0.05, 0) is 41.5 Å². The molecule has 4 rings (SSSR count). The van der Waals surface area contributed by atoms with Crippen LogP contribution >= 0.6 is 0 Å². The van der Waals surface area contributed by atoms with E-state index in [0.717, 1.165) is 16.8 Å². The van der Waals surface area contributed by atoms with Gasteiger partial charge in [-0.25, -0.2) is 0 Å². The molecule has 0 saturated heterocycles. The lowest BCUT2D eigenvalue weighted by atomic mass is 10.0. The molecule has 6 heteroatoms. The van der Waals surface area contributed by atoms with Gasteiger partial charge in [-0.15, -0.1) is 0 Å². The number of hydrogen-bond acceptors (Lipinski definition) is 4. The van der Waals surface area contributed by atoms with Gasteiger partial charge in [0.25, 0.3) is 5.91 Å². The molecule has 2 aromatic heterocycles. The van der Waals surface area contributed by atoms with E-state index >= 15 is 0 Å². The number of hydrogen-bond donors (Lipinski definition) is 1. The summed E-state index contributed by atoms with van der Waals surface area (Å²) in [6, 6.07) is 14.4. The number of rotatable bonds is 3. The second-order valence-electron chi connectivity index (χ2n) is 6.05. The van der Waals surface area contributed by atoms with Crippen LogP contribution < -0.4 is 10.3 Å². The third-order valence-corrected chi connectivity index (χ3v) is 4.30. The van der Waals surface area contributed by atoms with Crippen molar-refractivity contribution in [3.63, 3.8) is 0 Å². The molecule has 1 amide bonds. The van der Waals surface area contributed by atoms with E-state index in [1.54, 1.807) is 35.5 Å². The van der Waals surface area contributed by atoms with Gasteiger partial charge in [0.1, 0.15) is 12.4 Å². The van der Waals surface area contributed by atoms with Gasteiger partial charge in [0.2, 0.25) is 5.56 Å². The van der Waals surface area contributed by atoms with Crippen LogP contribution in [0.5, 0.6) is 5.75 Å². The van der Waals surface area contributed by atoms with Gasteiger partial charge in [-0.1, -0.05) is 12.1 Å². The molecule has 0 aliphatic carbocycles. The van der Waals surface area contributed by atoms with Crippen molar-refractivity contribution in [2.75, 3.05) is 13.2 Å². The molecule has 1 aliphatic rings. The molecule has 26 heavy (non-hydrogen) atoms. The number of pyridine rings is 2. The number of benzene rings is 1. The molecule has 0 atom stereocenters. The monoisotopic (exact) mass is 347 g/mol. The number of nitrogens with zero attached hydrogens (tertiary/aromatic N) is 2. The normalized spacial score (nSPS) is 13.7. The highest BCUT2D eigenvalue weighted by molar-refractivity contribution is 5.98. The predicted molar refractivity (Wildman–Crippen MR) is 97.0 cm³/mol. The van der Waals surface area contributed by atoms with Gasteiger partial charge in [0, 0.05) is 18.5 Å². The Balaban J connectivity index is 1.68. The van der Waals surface area contributed by atoms with Gasteiger partial charge in [-0.3, -0.25) is 14.6 Å². The summed E-state index contributed by atoms with van der Waals surface area (Å²) in [7, 11) is 0. The molecule has 3 aromatic rings. The molecule has 3 heterocycles. The van der Waals surface area contributed by atoms with Crippen LogP contribution in [0.1, 0.15) is 16.1 Å². The topological polar surface area (TPSA) is 75.3 Å². The Morgan fingerprint density at radius 1 is 1.08 bits per heavy atom. The van der Waals surface area contributed by atoms with Crippen LogP contribution in [-0.2, 0) is 6.54 Å². The molecule has 1 N–H and O–H groups in total. The lowest BCUT2D eigenvalue weighted by Gasteiger charge is -2.19. The molecule has 0 fully saturated rings. The van der Waals surface area contributed by atoms with Gasteiger partial charge in [-0.2, -0.15) is 0 Å². The first-order chi connectivity index (χ1) is 12.7. The van der Waals surface area contributed by atoms with Crippen molar-refractivity contribution in [2.45, 2.75) is 6.54 Å². The van der Waals surface area contributed by atoms with Crippen LogP contribution in [0, 0.1) is 0 Å².